The molecule has 4 amide bonds. The predicted molar refractivity (Wildman–Crippen MR) is 174 cm³/mol. The van der Waals surface area contributed by atoms with E-state index in [-0.39, 0.29) is 24.3 Å². The Kier molecular flexibility index (Phi) is 9.82. The number of unbranched alkanes of at least 4 members (excludes halogenated alkanes) is 1. The van der Waals surface area contributed by atoms with Crippen molar-refractivity contribution in [3.63, 3.8) is 0 Å². The number of halogens is 2. The second kappa shape index (κ2) is 13.6. The lowest BCUT2D eigenvalue weighted by atomic mass is 9.72. The summed E-state index contributed by atoms with van der Waals surface area (Å²) in [6.45, 7) is 6.70. The van der Waals surface area contributed by atoms with Crippen LogP contribution in [-0.4, -0.2) is 70.3 Å². The molecular weight excluding hydrogens is 630 g/mol. The van der Waals surface area contributed by atoms with Crippen LogP contribution in [0, 0.1) is 5.41 Å². The average molecular weight is 669 g/mol. The van der Waals surface area contributed by atoms with Crippen LogP contribution in [0.3, 0.4) is 0 Å². The van der Waals surface area contributed by atoms with Crippen LogP contribution in [-0.2, 0) is 16.1 Å². The van der Waals surface area contributed by atoms with Gasteiger partial charge in [-0.05, 0) is 49.6 Å². The number of fused-ring (bicyclic) bond motifs is 1. The van der Waals surface area contributed by atoms with Gasteiger partial charge in [0.2, 0.25) is 11.8 Å². The third-order valence-corrected chi connectivity index (χ3v) is 9.33. The molecule has 0 saturated carbocycles. The Bertz CT molecular complexity index is 1500. The Labute approximate surface area is 266 Å². The van der Waals surface area contributed by atoms with Gasteiger partial charge in [0.25, 0.3) is 0 Å². The van der Waals surface area contributed by atoms with Crippen LogP contribution in [0.25, 0.3) is 10.9 Å². The first-order valence-electron chi connectivity index (χ1n) is 15.0. The van der Waals surface area contributed by atoms with E-state index in [9.17, 15) is 14.4 Å². The SMILES string of the molecule is CCCC=CC[C@@]1(C(=O)N2CCN(C(=O)NCC)CC2)CC(=O)N(Cc2ccc(Br)cc2)[C@H]1c1c[nH]c2cc(Cl)ccc12. The van der Waals surface area contributed by atoms with Crippen molar-refractivity contribution in [1.82, 2.24) is 25.0 Å². The first-order chi connectivity index (χ1) is 20.8. The van der Waals surface area contributed by atoms with Crippen LogP contribution >= 0.6 is 27.5 Å². The molecular formula is C33H39BrClN5O3. The Morgan fingerprint density at radius 1 is 1.07 bits per heavy atom. The van der Waals surface area contributed by atoms with Crippen molar-refractivity contribution < 1.29 is 14.4 Å². The Morgan fingerprint density at radius 2 is 1.79 bits per heavy atom. The number of nitrogens with zero attached hydrogens (tertiary/aromatic N) is 3. The molecule has 2 fully saturated rings. The summed E-state index contributed by atoms with van der Waals surface area (Å²) in [6.07, 6.45) is 8.60. The maximum absolute atomic E-state index is 14.8. The quantitative estimate of drug-likeness (QED) is 0.250. The van der Waals surface area contributed by atoms with Gasteiger partial charge in [0.15, 0.2) is 0 Å². The summed E-state index contributed by atoms with van der Waals surface area (Å²) < 4.78 is 0.964. The van der Waals surface area contributed by atoms with Crippen LogP contribution in [0.15, 0.2) is 65.3 Å². The number of benzene rings is 2. The van der Waals surface area contributed by atoms with Crippen molar-refractivity contribution in [2.24, 2.45) is 5.41 Å². The fourth-order valence-corrected chi connectivity index (χ4v) is 6.86. The zero-order valence-corrected chi connectivity index (χ0v) is 27.1. The number of hydrogen-bond donors (Lipinski definition) is 2. The number of carbonyl (C=O) groups excluding carboxylic acids is 3. The molecule has 2 saturated heterocycles. The number of amides is 4. The molecule has 3 heterocycles. The van der Waals surface area contributed by atoms with E-state index in [1.165, 1.54) is 0 Å². The molecule has 0 bridgehead atoms. The molecule has 2 aliphatic rings. The Hall–Kier alpha value is -3.30. The molecule has 0 spiro atoms. The molecule has 2 atom stereocenters. The van der Waals surface area contributed by atoms with Gasteiger partial charge < -0.3 is 25.0 Å². The summed E-state index contributed by atoms with van der Waals surface area (Å²) in [7, 11) is 0. The number of carbonyl (C=O) groups is 3. The van der Waals surface area contributed by atoms with Crippen molar-refractivity contribution in [3.05, 3.63) is 81.4 Å². The summed E-state index contributed by atoms with van der Waals surface area (Å²) in [6, 6.07) is 13.0. The first-order valence-corrected chi connectivity index (χ1v) is 16.2. The minimum absolute atomic E-state index is 0.0378. The highest BCUT2D eigenvalue weighted by Gasteiger charge is 2.58. The van der Waals surface area contributed by atoms with Crippen LogP contribution < -0.4 is 5.32 Å². The lowest BCUT2D eigenvalue weighted by Gasteiger charge is -2.42. The molecule has 2 N–H and O–H groups in total. The summed E-state index contributed by atoms with van der Waals surface area (Å²) in [5, 5.41) is 4.41. The zero-order valence-electron chi connectivity index (χ0n) is 24.7. The van der Waals surface area contributed by atoms with Crippen molar-refractivity contribution in [3.8, 4) is 0 Å². The highest BCUT2D eigenvalue weighted by atomic mass is 79.9. The number of H-pyrrole nitrogens is 1. The minimum Gasteiger partial charge on any atom is -0.361 e. The number of nitrogens with one attached hydrogen (secondary N) is 2. The molecule has 8 nitrogen and oxygen atoms in total. The molecule has 228 valence electrons. The smallest absolute Gasteiger partial charge is 0.317 e. The van der Waals surface area contributed by atoms with Crippen LogP contribution in [0.4, 0.5) is 4.79 Å². The van der Waals surface area contributed by atoms with Crippen molar-refractivity contribution in [2.75, 3.05) is 32.7 Å². The van der Waals surface area contributed by atoms with E-state index in [4.69, 9.17) is 11.6 Å². The largest absolute Gasteiger partial charge is 0.361 e. The highest BCUT2D eigenvalue weighted by molar-refractivity contribution is 9.10. The van der Waals surface area contributed by atoms with E-state index in [1.54, 1.807) is 4.90 Å². The van der Waals surface area contributed by atoms with Gasteiger partial charge in [-0.25, -0.2) is 4.79 Å². The van der Waals surface area contributed by atoms with E-state index in [0.29, 0.717) is 50.7 Å². The molecule has 3 aromatic rings. The fourth-order valence-electron chi connectivity index (χ4n) is 6.42. The van der Waals surface area contributed by atoms with Gasteiger partial charge in [-0.15, -0.1) is 0 Å². The topological polar surface area (TPSA) is 88.8 Å². The standard InChI is InChI=1S/C33H39BrClN5O3/c1-3-5-6-7-14-33(31(42)38-15-17-39(18-16-38)32(43)36-4-2)20-29(41)40(22-23-8-10-24(34)11-9-23)30(33)27-21-37-28-19-25(35)12-13-26(27)28/h6-13,19,21,30,37H,3-5,14-18,20,22H2,1-2H3,(H,36,43)/t30-,33+/m0/s1. The minimum atomic E-state index is -1.01. The summed E-state index contributed by atoms with van der Waals surface area (Å²) in [5.41, 5.74) is 1.75. The van der Waals surface area contributed by atoms with Crippen LogP contribution in [0.2, 0.25) is 5.02 Å². The number of aromatic amines is 1. The van der Waals surface area contributed by atoms with Gasteiger partial charge in [0.05, 0.1) is 11.5 Å². The number of allylic oxidation sites excluding steroid dienone is 2. The van der Waals surface area contributed by atoms with Gasteiger partial charge in [-0.1, -0.05) is 71.2 Å². The average Bonchev–Trinajstić information content (AvgIpc) is 3.53. The normalized spacial score (nSPS) is 20.9. The van der Waals surface area contributed by atoms with Crippen molar-refractivity contribution >= 4 is 56.3 Å². The van der Waals surface area contributed by atoms with Gasteiger partial charge in [0, 0.05) is 77.8 Å². The van der Waals surface area contributed by atoms with Crippen molar-refractivity contribution in [2.45, 2.75) is 52.1 Å². The van der Waals surface area contributed by atoms with Gasteiger partial charge in [-0.3, -0.25) is 9.59 Å². The summed E-state index contributed by atoms with van der Waals surface area (Å²) >= 11 is 9.84. The predicted octanol–water partition coefficient (Wildman–Crippen LogP) is 6.66. The third-order valence-electron chi connectivity index (χ3n) is 8.57. The second-order valence-electron chi connectivity index (χ2n) is 11.4. The molecule has 0 aliphatic carbocycles. The monoisotopic (exact) mass is 667 g/mol. The summed E-state index contributed by atoms with van der Waals surface area (Å²) in [5.74, 6) is -0.0846. The van der Waals surface area contributed by atoms with Crippen LogP contribution in [0.1, 0.15) is 56.7 Å². The number of rotatable bonds is 9. The Morgan fingerprint density at radius 3 is 2.49 bits per heavy atom. The lowest BCUT2D eigenvalue weighted by Crippen LogP contribution is -2.56. The van der Waals surface area contributed by atoms with E-state index < -0.39 is 11.5 Å². The summed E-state index contributed by atoms with van der Waals surface area (Å²) in [4.78, 5) is 50.2. The molecule has 10 heteroatoms. The molecule has 2 aromatic carbocycles. The third kappa shape index (κ3) is 6.48. The molecule has 43 heavy (non-hydrogen) atoms. The molecule has 5 rings (SSSR count). The number of piperazine rings is 1. The second-order valence-corrected chi connectivity index (χ2v) is 12.7. The van der Waals surface area contributed by atoms with Crippen LogP contribution in [0.5, 0.6) is 0 Å². The lowest BCUT2D eigenvalue weighted by molar-refractivity contribution is -0.145. The molecule has 0 unspecified atom stereocenters. The number of likely N-dealkylation sites (tertiary alicyclic amines) is 1. The number of urea groups is 1. The number of hydrogen-bond acceptors (Lipinski definition) is 3. The van der Waals surface area contributed by atoms with Gasteiger partial charge >= 0.3 is 6.03 Å². The maximum Gasteiger partial charge on any atom is 0.317 e. The fraction of sp³-hybridized carbons (Fsp3) is 0.424. The van der Waals surface area contributed by atoms with E-state index in [1.807, 2.05) is 65.4 Å². The van der Waals surface area contributed by atoms with E-state index in [2.05, 4.69) is 45.3 Å². The molecule has 0 radical (unpaired) electrons. The first kappa shape index (κ1) is 31.1. The Balaban J connectivity index is 1.57. The zero-order chi connectivity index (χ0) is 30.6. The van der Waals surface area contributed by atoms with Gasteiger partial charge in [-0.2, -0.15) is 0 Å². The van der Waals surface area contributed by atoms with Crippen molar-refractivity contribution in [1.29, 1.82) is 0 Å². The molecule has 2 aliphatic heterocycles. The van der Waals surface area contributed by atoms with E-state index in [0.717, 1.165) is 39.3 Å². The number of aromatic nitrogens is 1. The highest BCUT2D eigenvalue weighted by Crippen LogP contribution is 2.53. The molecule has 1 aromatic heterocycles. The van der Waals surface area contributed by atoms with Gasteiger partial charge in [0.1, 0.15) is 0 Å². The maximum atomic E-state index is 14.8. The van der Waals surface area contributed by atoms with E-state index >= 15 is 0 Å².